The highest BCUT2D eigenvalue weighted by Crippen LogP contribution is 2.31. The van der Waals surface area contributed by atoms with Gasteiger partial charge in [0.1, 0.15) is 12.4 Å². The van der Waals surface area contributed by atoms with Gasteiger partial charge in [-0.1, -0.05) is 24.4 Å². The van der Waals surface area contributed by atoms with Gasteiger partial charge in [-0.25, -0.2) is 4.68 Å². The Morgan fingerprint density at radius 3 is 2.90 bits per heavy atom. The summed E-state index contributed by atoms with van der Waals surface area (Å²) < 4.78 is 3.43. The zero-order valence-corrected chi connectivity index (χ0v) is 11.8. The second-order valence-electron chi connectivity index (χ2n) is 5.00. The van der Waals surface area contributed by atoms with Crippen LogP contribution in [0, 0.1) is 0 Å². The van der Waals surface area contributed by atoms with Gasteiger partial charge in [-0.2, -0.15) is 10.2 Å². The van der Waals surface area contributed by atoms with E-state index in [0.29, 0.717) is 11.1 Å². The van der Waals surface area contributed by atoms with Gasteiger partial charge in [-0.3, -0.25) is 9.48 Å². The van der Waals surface area contributed by atoms with Gasteiger partial charge in [0.05, 0.1) is 23.5 Å². The first-order valence-corrected chi connectivity index (χ1v) is 7.11. The van der Waals surface area contributed by atoms with Crippen LogP contribution in [0.15, 0.2) is 24.7 Å². The highest BCUT2D eigenvalue weighted by atomic mass is 35.5. The summed E-state index contributed by atoms with van der Waals surface area (Å²) in [6.07, 6.45) is 9.55. The smallest absolute Gasteiger partial charge is 0.247 e. The SMILES string of the molecule is O=C(Cn1cc(Cl)cn1)Nc1ccnn1C1CCCC1. The fraction of sp³-hybridized carbons (Fsp3) is 0.462. The van der Waals surface area contributed by atoms with Crippen LogP contribution in [-0.4, -0.2) is 25.5 Å². The number of amides is 1. The Morgan fingerprint density at radius 1 is 1.40 bits per heavy atom. The van der Waals surface area contributed by atoms with Crippen molar-refractivity contribution in [1.29, 1.82) is 0 Å². The van der Waals surface area contributed by atoms with Crippen LogP contribution in [0.5, 0.6) is 0 Å². The van der Waals surface area contributed by atoms with Crippen molar-refractivity contribution in [3.05, 3.63) is 29.7 Å². The third-order valence-electron chi connectivity index (χ3n) is 3.52. The highest BCUT2D eigenvalue weighted by Gasteiger charge is 2.20. The van der Waals surface area contributed by atoms with E-state index in [0.717, 1.165) is 18.7 Å². The van der Waals surface area contributed by atoms with Gasteiger partial charge in [0.25, 0.3) is 0 Å². The molecule has 2 heterocycles. The summed E-state index contributed by atoms with van der Waals surface area (Å²) in [5, 5.41) is 11.7. The van der Waals surface area contributed by atoms with Crippen molar-refractivity contribution < 1.29 is 4.79 Å². The van der Waals surface area contributed by atoms with Gasteiger partial charge < -0.3 is 5.32 Å². The van der Waals surface area contributed by atoms with Crippen LogP contribution in [0.25, 0.3) is 0 Å². The summed E-state index contributed by atoms with van der Waals surface area (Å²) in [4.78, 5) is 12.0. The van der Waals surface area contributed by atoms with E-state index in [1.807, 2.05) is 10.7 Å². The number of carbonyl (C=O) groups is 1. The summed E-state index contributed by atoms with van der Waals surface area (Å²) in [5.74, 6) is 0.615. The molecule has 2 aromatic rings. The first-order chi connectivity index (χ1) is 9.72. The Bertz CT molecular complexity index is 599. The molecular formula is C13H16ClN5O. The van der Waals surface area contributed by atoms with Crippen LogP contribution in [0.1, 0.15) is 31.7 Å². The zero-order chi connectivity index (χ0) is 13.9. The normalized spacial score (nSPS) is 15.7. The summed E-state index contributed by atoms with van der Waals surface area (Å²) in [6.45, 7) is 0.141. The van der Waals surface area contributed by atoms with Crippen molar-refractivity contribution in [2.45, 2.75) is 38.3 Å². The van der Waals surface area contributed by atoms with Gasteiger partial charge in [0, 0.05) is 12.3 Å². The minimum absolute atomic E-state index is 0.135. The van der Waals surface area contributed by atoms with Crippen molar-refractivity contribution in [3.8, 4) is 0 Å². The van der Waals surface area contributed by atoms with E-state index in [1.54, 1.807) is 12.4 Å². The molecule has 20 heavy (non-hydrogen) atoms. The number of halogens is 1. The average molecular weight is 294 g/mol. The van der Waals surface area contributed by atoms with Gasteiger partial charge in [0.15, 0.2) is 0 Å². The van der Waals surface area contributed by atoms with E-state index in [-0.39, 0.29) is 12.5 Å². The molecule has 1 aliphatic carbocycles. The molecule has 1 aliphatic rings. The largest absolute Gasteiger partial charge is 0.309 e. The number of carbonyl (C=O) groups excluding carboxylic acids is 1. The zero-order valence-electron chi connectivity index (χ0n) is 11.0. The van der Waals surface area contributed by atoms with Crippen LogP contribution < -0.4 is 5.32 Å². The molecule has 0 saturated heterocycles. The predicted octanol–water partition coefficient (Wildman–Crippen LogP) is 2.49. The van der Waals surface area contributed by atoms with Gasteiger partial charge >= 0.3 is 0 Å². The molecular weight excluding hydrogens is 278 g/mol. The second kappa shape index (κ2) is 5.66. The van der Waals surface area contributed by atoms with Crippen LogP contribution in [-0.2, 0) is 11.3 Å². The van der Waals surface area contributed by atoms with E-state index >= 15 is 0 Å². The van der Waals surface area contributed by atoms with Crippen LogP contribution in [0.4, 0.5) is 5.82 Å². The van der Waals surface area contributed by atoms with Crippen molar-refractivity contribution in [2.24, 2.45) is 0 Å². The van der Waals surface area contributed by atoms with Gasteiger partial charge in [-0.05, 0) is 12.8 Å². The monoisotopic (exact) mass is 293 g/mol. The van der Waals surface area contributed by atoms with E-state index in [1.165, 1.54) is 23.7 Å². The lowest BCUT2D eigenvalue weighted by atomic mass is 10.2. The molecule has 3 rings (SSSR count). The molecule has 1 saturated carbocycles. The Morgan fingerprint density at radius 2 is 2.20 bits per heavy atom. The Labute approximate surface area is 121 Å². The summed E-state index contributed by atoms with van der Waals surface area (Å²) in [7, 11) is 0. The summed E-state index contributed by atoms with van der Waals surface area (Å²) in [6, 6.07) is 2.23. The van der Waals surface area contributed by atoms with Crippen molar-refractivity contribution in [3.63, 3.8) is 0 Å². The Hall–Kier alpha value is -1.82. The van der Waals surface area contributed by atoms with E-state index in [2.05, 4.69) is 15.5 Å². The number of aromatic nitrogens is 4. The molecule has 0 unspecified atom stereocenters. The third-order valence-corrected chi connectivity index (χ3v) is 3.71. The van der Waals surface area contributed by atoms with Crippen molar-refractivity contribution in [2.75, 3.05) is 5.32 Å². The maximum Gasteiger partial charge on any atom is 0.247 e. The molecule has 1 N–H and O–H groups in total. The van der Waals surface area contributed by atoms with E-state index in [4.69, 9.17) is 11.6 Å². The molecule has 1 fully saturated rings. The molecule has 0 aromatic carbocycles. The molecule has 0 bridgehead atoms. The number of nitrogens with one attached hydrogen (secondary N) is 1. The standard InChI is InChI=1S/C13H16ClN5O/c14-10-7-16-18(8-10)9-13(20)17-12-5-6-15-19(12)11-3-1-2-4-11/h5-8,11H,1-4,9H2,(H,17,20). The maximum absolute atomic E-state index is 12.0. The van der Waals surface area contributed by atoms with Crippen LogP contribution in [0.3, 0.4) is 0 Å². The quantitative estimate of drug-likeness (QED) is 0.942. The Balaban J connectivity index is 1.65. The summed E-state index contributed by atoms with van der Waals surface area (Å²) >= 11 is 5.77. The van der Waals surface area contributed by atoms with Crippen LogP contribution in [0.2, 0.25) is 5.02 Å². The summed E-state index contributed by atoms with van der Waals surface area (Å²) in [5.41, 5.74) is 0. The molecule has 7 heteroatoms. The lowest BCUT2D eigenvalue weighted by Crippen LogP contribution is -2.22. The first kappa shape index (κ1) is 13.2. The van der Waals surface area contributed by atoms with Crippen molar-refractivity contribution >= 4 is 23.3 Å². The van der Waals surface area contributed by atoms with Crippen molar-refractivity contribution in [1.82, 2.24) is 19.6 Å². The molecule has 2 aromatic heterocycles. The molecule has 0 aliphatic heterocycles. The molecule has 0 atom stereocenters. The number of hydrogen-bond donors (Lipinski definition) is 1. The van der Waals surface area contributed by atoms with Crippen LogP contribution >= 0.6 is 11.6 Å². The predicted molar refractivity (Wildman–Crippen MR) is 75.6 cm³/mol. The first-order valence-electron chi connectivity index (χ1n) is 6.74. The minimum Gasteiger partial charge on any atom is -0.309 e. The fourth-order valence-corrected chi connectivity index (χ4v) is 2.76. The minimum atomic E-state index is -0.135. The molecule has 1 amide bonds. The van der Waals surface area contributed by atoms with Gasteiger partial charge in [0.2, 0.25) is 5.91 Å². The number of nitrogens with zero attached hydrogens (tertiary/aromatic N) is 4. The molecule has 6 nitrogen and oxygen atoms in total. The molecule has 106 valence electrons. The molecule has 0 spiro atoms. The maximum atomic E-state index is 12.0. The number of hydrogen-bond acceptors (Lipinski definition) is 3. The van der Waals surface area contributed by atoms with E-state index < -0.39 is 0 Å². The van der Waals surface area contributed by atoms with Gasteiger partial charge in [-0.15, -0.1) is 0 Å². The lowest BCUT2D eigenvalue weighted by molar-refractivity contribution is -0.117. The topological polar surface area (TPSA) is 64.7 Å². The second-order valence-corrected chi connectivity index (χ2v) is 5.44. The average Bonchev–Trinajstić information content (AvgIpc) is 3.10. The number of rotatable bonds is 4. The third kappa shape index (κ3) is 2.85. The number of anilines is 1. The molecule has 0 radical (unpaired) electrons. The fourth-order valence-electron chi connectivity index (χ4n) is 2.61. The van der Waals surface area contributed by atoms with E-state index in [9.17, 15) is 4.79 Å². The lowest BCUT2D eigenvalue weighted by Gasteiger charge is -2.14. The highest BCUT2D eigenvalue weighted by molar-refractivity contribution is 6.30. The Kier molecular flexibility index (Phi) is 3.73.